The number of hydrogen-bond donors (Lipinski definition) is 0. The Morgan fingerprint density at radius 2 is 1.65 bits per heavy atom. The van der Waals surface area contributed by atoms with Gasteiger partial charge in [-0.2, -0.15) is 0 Å². The summed E-state index contributed by atoms with van der Waals surface area (Å²) in [6.45, 7) is -0.657. The molecule has 0 fully saturated rings. The lowest BCUT2D eigenvalue weighted by molar-refractivity contribution is -0.144. The van der Waals surface area contributed by atoms with Gasteiger partial charge in [0.25, 0.3) is 5.91 Å². The average molecular weight is 301 g/mol. The predicted octanol–water partition coefficient (Wildman–Crippen LogP) is 0.545. The Kier molecular flexibility index (Phi) is 5.98. The summed E-state index contributed by atoms with van der Waals surface area (Å²) in [5.74, 6) is -1.17. The first kappa shape index (κ1) is 16.0. The highest BCUT2D eigenvalue weighted by Gasteiger charge is 2.23. The van der Waals surface area contributed by atoms with E-state index in [1.165, 1.54) is 27.4 Å². The van der Waals surface area contributed by atoms with Gasteiger partial charge >= 0.3 is 11.9 Å². The molecule has 0 aliphatic carbocycles. The van der Waals surface area contributed by atoms with Gasteiger partial charge < -0.3 is 19.1 Å². The molecule has 0 atom stereocenters. The van der Waals surface area contributed by atoms with Crippen molar-refractivity contribution in [2.45, 2.75) is 0 Å². The highest BCUT2D eigenvalue weighted by Crippen LogP contribution is 2.22. The third-order valence-corrected chi connectivity index (χ3v) is 3.30. The number of rotatable bonds is 6. The van der Waals surface area contributed by atoms with Crippen LogP contribution >= 0.6 is 11.3 Å². The maximum Gasteiger partial charge on any atom is 0.325 e. The summed E-state index contributed by atoms with van der Waals surface area (Å²) < 4.78 is 14.0. The molecule has 0 unspecified atom stereocenters. The number of hydrogen-bond acceptors (Lipinski definition) is 7. The van der Waals surface area contributed by atoms with Crippen LogP contribution in [0.15, 0.2) is 11.4 Å². The number of thiophene rings is 1. The van der Waals surface area contributed by atoms with Crippen molar-refractivity contribution in [1.29, 1.82) is 0 Å². The molecule has 7 nitrogen and oxygen atoms in total. The molecular weight excluding hydrogens is 286 g/mol. The van der Waals surface area contributed by atoms with E-state index >= 15 is 0 Å². The van der Waals surface area contributed by atoms with Crippen molar-refractivity contribution in [2.75, 3.05) is 34.4 Å². The van der Waals surface area contributed by atoms with Gasteiger partial charge in [-0.3, -0.25) is 14.4 Å². The molecule has 8 heteroatoms. The van der Waals surface area contributed by atoms with Crippen molar-refractivity contribution in [1.82, 2.24) is 4.90 Å². The van der Waals surface area contributed by atoms with E-state index in [4.69, 9.17) is 4.74 Å². The molecule has 20 heavy (non-hydrogen) atoms. The minimum Gasteiger partial charge on any atom is -0.496 e. The van der Waals surface area contributed by atoms with Gasteiger partial charge in [0, 0.05) is 11.4 Å². The molecule has 0 N–H and O–H groups in total. The Bertz CT molecular complexity index is 480. The first-order valence-corrected chi connectivity index (χ1v) is 6.45. The molecule has 0 spiro atoms. The van der Waals surface area contributed by atoms with Gasteiger partial charge in [-0.1, -0.05) is 0 Å². The van der Waals surface area contributed by atoms with Crippen LogP contribution in [0.1, 0.15) is 9.67 Å². The molecule has 110 valence electrons. The van der Waals surface area contributed by atoms with Crippen molar-refractivity contribution in [3.05, 3.63) is 16.3 Å². The molecule has 0 radical (unpaired) electrons. The van der Waals surface area contributed by atoms with Gasteiger partial charge in [-0.15, -0.1) is 11.3 Å². The molecule has 1 rings (SSSR count). The van der Waals surface area contributed by atoms with Crippen LogP contribution in [-0.2, 0) is 19.1 Å². The second-order valence-electron chi connectivity index (χ2n) is 3.66. The van der Waals surface area contributed by atoms with E-state index < -0.39 is 17.8 Å². The number of nitrogens with zero attached hydrogens (tertiary/aromatic N) is 1. The third-order valence-electron chi connectivity index (χ3n) is 2.40. The molecule has 1 aromatic heterocycles. The summed E-state index contributed by atoms with van der Waals surface area (Å²) in [7, 11) is 3.89. The quantitative estimate of drug-likeness (QED) is 0.713. The fraction of sp³-hybridized carbons (Fsp3) is 0.417. The van der Waals surface area contributed by atoms with Gasteiger partial charge in [0.15, 0.2) is 0 Å². The lowest BCUT2D eigenvalue weighted by atomic mass is 10.3. The third kappa shape index (κ3) is 4.23. The first-order valence-electron chi connectivity index (χ1n) is 5.57. The Labute approximate surface area is 120 Å². The number of carbonyl (C=O) groups is 3. The lowest BCUT2D eigenvalue weighted by Gasteiger charge is -2.19. The summed E-state index contributed by atoms with van der Waals surface area (Å²) in [6.07, 6.45) is 0. The normalized spacial score (nSPS) is 9.75. The number of methoxy groups -OCH3 is 3. The standard InChI is InChI=1S/C12H15NO6S/c1-17-8-4-9(20-7-8)12(16)13(5-10(14)18-2)6-11(15)19-3/h4,7H,5-6H2,1-3H3. The van der Waals surface area contributed by atoms with E-state index in [9.17, 15) is 14.4 Å². The second kappa shape index (κ2) is 7.49. The van der Waals surface area contributed by atoms with Crippen molar-refractivity contribution in [2.24, 2.45) is 0 Å². The summed E-state index contributed by atoms with van der Waals surface area (Å²) in [4.78, 5) is 36.3. The summed E-state index contributed by atoms with van der Waals surface area (Å²) in [6, 6.07) is 1.54. The average Bonchev–Trinajstić information content (AvgIpc) is 2.94. The molecule has 0 aromatic carbocycles. The van der Waals surface area contributed by atoms with Crippen LogP contribution in [0.25, 0.3) is 0 Å². The van der Waals surface area contributed by atoms with E-state index in [0.717, 1.165) is 16.2 Å². The van der Waals surface area contributed by atoms with Crippen molar-refractivity contribution >= 4 is 29.2 Å². The van der Waals surface area contributed by atoms with Crippen LogP contribution in [0.2, 0.25) is 0 Å². The minimum absolute atomic E-state index is 0.329. The zero-order valence-corrected chi connectivity index (χ0v) is 12.2. The molecule has 0 aliphatic heterocycles. The van der Waals surface area contributed by atoms with Crippen LogP contribution in [0.4, 0.5) is 0 Å². The molecule has 0 saturated carbocycles. The largest absolute Gasteiger partial charge is 0.496 e. The van der Waals surface area contributed by atoms with Gasteiger partial charge in [0.2, 0.25) is 0 Å². The van der Waals surface area contributed by atoms with E-state index in [2.05, 4.69) is 9.47 Å². The fourth-order valence-electron chi connectivity index (χ4n) is 1.33. The topological polar surface area (TPSA) is 82.1 Å². The zero-order chi connectivity index (χ0) is 15.1. The Hall–Kier alpha value is -2.09. The van der Waals surface area contributed by atoms with Crippen molar-refractivity contribution < 1.29 is 28.6 Å². The predicted molar refractivity (Wildman–Crippen MR) is 70.8 cm³/mol. The van der Waals surface area contributed by atoms with Crippen LogP contribution in [0.3, 0.4) is 0 Å². The lowest BCUT2D eigenvalue weighted by Crippen LogP contribution is -2.39. The van der Waals surface area contributed by atoms with Gasteiger partial charge in [0.1, 0.15) is 18.8 Å². The maximum absolute atomic E-state index is 12.2. The van der Waals surface area contributed by atoms with Crippen LogP contribution in [0, 0.1) is 0 Å². The molecule has 0 bridgehead atoms. The van der Waals surface area contributed by atoms with Crippen LogP contribution < -0.4 is 4.74 Å². The Balaban J connectivity index is 2.87. The monoisotopic (exact) mass is 301 g/mol. The molecule has 0 saturated heterocycles. The summed E-state index contributed by atoms with van der Waals surface area (Å²) in [5, 5.41) is 1.65. The number of amides is 1. The van der Waals surface area contributed by atoms with Crippen LogP contribution in [0.5, 0.6) is 5.75 Å². The van der Waals surface area contributed by atoms with Crippen molar-refractivity contribution in [3.8, 4) is 5.75 Å². The molecular formula is C12H15NO6S. The first-order chi connectivity index (χ1) is 9.51. The minimum atomic E-state index is -0.620. The van der Waals surface area contributed by atoms with E-state index in [1.54, 1.807) is 5.38 Å². The second-order valence-corrected chi connectivity index (χ2v) is 4.58. The Morgan fingerprint density at radius 1 is 1.10 bits per heavy atom. The van der Waals surface area contributed by atoms with Gasteiger partial charge in [-0.05, 0) is 0 Å². The molecule has 1 aromatic rings. The highest BCUT2D eigenvalue weighted by molar-refractivity contribution is 7.12. The molecule has 1 amide bonds. The van der Waals surface area contributed by atoms with E-state index in [-0.39, 0.29) is 13.1 Å². The SMILES string of the molecule is COC(=O)CN(CC(=O)OC)C(=O)c1cc(OC)cs1. The molecule has 1 heterocycles. The van der Waals surface area contributed by atoms with Gasteiger partial charge in [0.05, 0.1) is 26.2 Å². The summed E-state index contributed by atoms with van der Waals surface area (Å²) in [5.41, 5.74) is 0. The number of carbonyl (C=O) groups excluding carboxylic acids is 3. The zero-order valence-electron chi connectivity index (χ0n) is 11.4. The van der Waals surface area contributed by atoms with Gasteiger partial charge in [-0.25, -0.2) is 0 Å². The number of ether oxygens (including phenoxy) is 3. The highest BCUT2D eigenvalue weighted by atomic mass is 32.1. The Morgan fingerprint density at radius 3 is 2.05 bits per heavy atom. The molecule has 0 aliphatic rings. The van der Waals surface area contributed by atoms with E-state index in [1.807, 2.05) is 0 Å². The smallest absolute Gasteiger partial charge is 0.325 e. The maximum atomic E-state index is 12.2. The number of esters is 2. The fourth-order valence-corrected chi connectivity index (χ4v) is 2.16. The van der Waals surface area contributed by atoms with Crippen LogP contribution in [-0.4, -0.2) is 57.2 Å². The van der Waals surface area contributed by atoms with E-state index in [0.29, 0.717) is 10.6 Å². The summed E-state index contributed by atoms with van der Waals surface area (Å²) >= 11 is 1.16. The van der Waals surface area contributed by atoms with Crippen molar-refractivity contribution in [3.63, 3.8) is 0 Å².